The van der Waals surface area contributed by atoms with Gasteiger partial charge in [0.1, 0.15) is 6.54 Å². The molecule has 0 unspecified atom stereocenters. The molecule has 0 aliphatic carbocycles. The smallest absolute Gasteiger partial charge is 0.339 e. The van der Waals surface area contributed by atoms with Crippen molar-refractivity contribution in [3.05, 3.63) is 92.1 Å². The van der Waals surface area contributed by atoms with Gasteiger partial charge < -0.3 is 14.6 Å². The molecule has 0 saturated carbocycles. The minimum absolute atomic E-state index is 0.0443. The van der Waals surface area contributed by atoms with E-state index in [1.165, 1.54) is 43.5 Å². The summed E-state index contributed by atoms with van der Waals surface area (Å²) in [6, 6.07) is 13.5. The van der Waals surface area contributed by atoms with E-state index >= 15 is 0 Å². The average Bonchev–Trinajstić information content (AvgIpc) is 3.44. The predicted octanol–water partition coefficient (Wildman–Crippen LogP) is 4.50. The third kappa shape index (κ3) is 5.55. The van der Waals surface area contributed by atoms with Crippen LogP contribution in [0.3, 0.4) is 0 Å². The number of anilines is 1. The van der Waals surface area contributed by atoms with Crippen molar-refractivity contribution in [2.45, 2.75) is 0 Å². The SMILES string of the molecule is COC(=O)c1cc(NC(=O)CN2C(=O)S/C(=C\c3cccn3-c3cccc([N+](=O)[O-])c3)C2=O)ccc1Cl. The molecule has 0 bridgehead atoms. The van der Waals surface area contributed by atoms with Gasteiger partial charge in [-0.1, -0.05) is 17.7 Å². The molecular formula is C24H17ClN4O7S. The molecule has 1 N–H and O–H groups in total. The summed E-state index contributed by atoms with van der Waals surface area (Å²) in [5, 5.41) is 13.1. The summed E-state index contributed by atoms with van der Waals surface area (Å²) in [5.41, 5.74) is 1.18. The zero-order chi connectivity index (χ0) is 26.7. The lowest BCUT2D eigenvalue weighted by Gasteiger charge is -2.13. The van der Waals surface area contributed by atoms with Gasteiger partial charge in [-0.05, 0) is 54.2 Å². The van der Waals surface area contributed by atoms with Gasteiger partial charge in [-0.3, -0.25) is 29.4 Å². The molecule has 0 atom stereocenters. The summed E-state index contributed by atoms with van der Waals surface area (Å²) < 4.78 is 6.28. The summed E-state index contributed by atoms with van der Waals surface area (Å²) in [4.78, 5) is 61.2. The monoisotopic (exact) mass is 540 g/mol. The van der Waals surface area contributed by atoms with Gasteiger partial charge in [-0.25, -0.2) is 4.79 Å². The standard InChI is InChI=1S/C24H17ClN4O7S/c1-36-23(32)18-10-14(7-8-19(18)25)26-21(30)13-28-22(31)20(37-24(28)33)12-16-6-3-9-27(16)15-4-2-5-17(11-15)29(34)35/h2-12H,13H2,1H3,(H,26,30)/b20-12-. The van der Waals surface area contributed by atoms with Gasteiger partial charge in [0.25, 0.3) is 16.8 Å². The molecule has 0 radical (unpaired) electrons. The van der Waals surface area contributed by atoms with E-state index in [0.717, 1.165) is 4.90 Å². The quantitative estimate of drug-likeness (QED) is 0.200. The molecule has 1 saturated heterocycles. The second kappa shape index (κ2) is 10.7. The Morgan fingerprint density at radius 1 is 1.16 bits per heavy atom. The Labute approximate surface area is 218 Å². The molecule has 1 fully saturated rings. The van der Waals surface area contributed by atoms with Crippen molar-refractivity contribution in [3.8, 4) is 5.69 Å². The lowest BCUT2D eigenvalue weighted by atomic mass is 10.2. The highest BCUT2D eigenvalue weighted by atomic mass is 35.5. The van der Waals surface area contributed by atoms with E-state index in [1.807, 2.05) is 0 Å². The van der Waals surface area contributed by atoms with Crippen molar-refractivity contribution < 1.29 is 28.8 Å². The van der Waals surface area contributed by atoms with Crippen molar-refractivity contribution >= 4 is 63.8 Å². The summed E-state index contributed by atoms with van der Waals surface area (Å²) in [6.07, 6.45) is 3.14. The number of amides is 3. The summed E-state index contributed by atoms with van der Waals surface area (Å²) in [6.45, 7) is -0.552. The largest absolute Gasteiger partial charge is 0.465 e. The van der Waals surface area contributed by atoms with Crippen LogP contribution in [-0.2, 0) is 14.3 Å². The number of halogens is 1. The topological polar surface area (TPSA) is 141 Å². The number of nitro groups is 1. The van der Waals surface area contributed by atoms with Crippen LogP contribution >= 0.6 is 23.4 Å². The summed E-state index contributed by atoms with van der Waals surface area (Å²) >= 11 is 6.65. The van der Waals surface area contributed by atoms with Crippen molar-refractivity contribution in [2.24, 2.45) is 0 Å². The number of carbonyl (C=O) groups excluding carboxylic acids is 4. The normalized spacial score (nSPS) is 14.2. The Morgan fingerprint density at radius 2 is 1.95 bits per heavy atom. The molecular weight excluding hydrogens is 524 g/mol. The second-order valence-corrected chi connectivity index (χ2v) is 8.98. The van der Waals surface area contributed by atoms with Gasteiger partial charge in [0, 0.05) is 29.7 Å². The highest BCUT2D eigenvalue weighted by molar-refractivity contribution is 8.18. The minimum atomic E-state index is -0.688. The van der Waals surface area contributed by atoms with Crippen LogP contribution in [0, 0.1) is 10.1 Å². The van der Waals surface area contributed by atoms with Crippen LogP contribution in [0.2, 0.25) is 5.02 Å². The maximum atomic E-state index is 12.9. The Hall–Kier alpha value is -4.42. The van der Waals surface area contributed by atoms with Crippen LogP contribution in [0.5, 0.6) is 0 Å². The van der Waals surface area contributed by atoms with E-state index in [0.29, 0.717) is 23.1 Å². The molecule has 0 spiro atoms. The predicted molar refractivity (Wildman–Crippen MR) is 137 cm³/mol. The van der Waals surface area contributed by atoms with E-state index in [4.69, 9.17) is 11.6 Å². The maximum absolute atomic E-state index is 12.9. The Morgan fingerprint density at radius 3 is 2.68 bits per heavy atom. The fraction of sp³-hybridized carbons (Fsp3) is 0.0833. The first kappa shape index (κ1) is 25.7. The summed E-state index contributed by atoms with van der Waals surface area (Å²) in [5.74, 6) is -2.02. The van der Waals surface area contributed by atoms with E-state index < -0.39 is 34.5 Å². The number of nitrogens with zero attached hydrogens (tertiary/aromatic N) is 3. The highest BCUT2D eigenvalue weighted by Crippen LogP contribution is 2.33. The Bertz CT molecular complexity index is 1480. The van der Waals surface area contributed by atoms with Crippen molar-refractivity contribution in [3.63, 3.8) is 0 Å². The number of benzene rings is 2. The van der Waals surface area contributed by atoms with E-state index in [9.17, 15) is 29.3 Å². The van der Waals surface area contributed by atoms with Gasteiger partial charge in [0.05, 0.1) is 33.2 Å². The van der Waals surface area contributed by atoms with Crippen LogP contribution < -0.4 is 5.32 Å². The number of thioether (sulfide) groups is 1. The van der Waals surface area contributed by atoms with Gasteiger partial charge in [-0.2, -0.15) is 0 Å². The van der Waals surface area contributed by atoms with Crippen LogP contribution in [0.4, 0.5) is 16.2 Å². The first-order chi connectivity index (χ1) is 17.7. The van der Waals surface area contributed by atoms with Gasteiger partial charge in [0.2, 0.25) is 5.91 Å². The number of nitrogens with one attached hydrogen (secondary N) is 1. The zero-order valence-electron chi connectivity index (χ0n) is 19.0. The number of esters is 1. The van der Waals surface area contributed by atoms with Crippen LogP contribution in [-0.4, -0.2) is 51.1 Å². The van der Waals surface area contributed by atoms with Crippen LogP contribution in [0.25, 0.3) is 11.8 Å². The van der Waals surface area contributed by atoms with E-state index in [-0.39, 0.29) is 26.9 Å². The Kier molecular flexibility index (Phi) is 7.41. The highest BCUT2D eigenvalue weighted by Gasteiger charge is 2.36. The third-order valence-electron chi connectivity index (χ3n) is 5.21. The van der Waals surface area contributed by atoms with E-state index in [2.05, 4.69) is 10.1 Å². The molecule has 37 heavy (non-hydrogen) atoms. The van der Waals surface area contributed by atoms with Crippen molar-refractivity contribution in [2.75, 3.05) is 19.0 Å². The van der Waals surface area contributed by atoms with Crippen molar-refractivity contribution in [1.29, 1.82) is 0 Å². The van der Waals surface area contributed by atoms with Crippen LogP contribution in [0.1, 0.15) is 16.1 Å². The zero-order valence-corrected chi connectivity index (χ0v) is 20.6. The van der Waals surface area contributed by atoms with Crippen LogP contribution in [0.15, 0.2) is 65.7 Å². The molecule has 13 heteroatoms. The number of rotatable bonds is 7. The second-order valence-electron chi connectivity index (χ2n) is 7.58. The molecule has 1 aliphatic heterocycles. The molecule has 3 amide bonds. The molecule has 188 valence electrons. The molecule has 3 aromatic rings. The number of imide groups is 1. The summed E-state index contributed by atoms with van der Waals surface area (Å²) in [7, 11) is 1.19. The fourth-order valence-corrected chi connectivity index (χ4v) is 4.51. The molecule has 1 aromatic heterocycles. The first-order valence-corrected chi connectivity index (χ1v) is 11.7. The van der Waals surface area contributed by atoms with Gasteiger partial charge in [-0.15, -0.1) is 0 Å². The number of hydrogen-bond acceptors (Lipinski definition) is 8. The number of nitro benzene ring substituents is 1. The van der Waals surface area contributed by atoms with Gasteiger partial charge in [0.15, 0.2) is 0 Å². The third-order valence-corrected chi connectivity index (χ3v) is 6.45. The molecule has 1 aliphatic rings. The molecule has 2 aromatic carbocycles. The molecule has 11 nitrogen and oxygen atoms in total. The number of ether oxygens (including phenoxy) is 1. The Balaban J connectivity index is 1.50. The van der Waals surface area contributed by atoms with Gasteiger partial charge >= 0.3 is 5.97 Å². The lowest BCUT2D eigenvalue weighted by molar-refractivity contribution is -0.384. The molecule has 2 heterocycles. The molecule has 4 rings (SSSR count). The van der Waals surface area contributed by atoms with Crippen molar-refractivity contribution in [1.82, 2.24) is 9.47 Å². The number of methoxy groups -OCH3 is 1. The van der Waals surface area contributed by atoms with E-state index in [1.54, 1.807) is 35.0 Å². The lowest BCUT2D eigenvalue weighted by Crippen LogP contribution is -2.36. The average molecular weight is 541 g/mol. The number of non-ortho nitro benzene ring substituents is 1. The number of aromatic nitrogens is 1. The maximum Gasteiger partial charge on any atom is 0.339 e. The number of carbonyl (C=O) groups is 4. The minimum Gasteiger partial charge on any atom is -0.465 e. The first-order valence-electron chi connectivity index (χ1n) is 10.5. The number of hydrogen-bond donors (Lipinski definition) is 1. The fourth-order valence-electron chi connectivity index (χ4n) is 3.49.